The van der Waals surface area contributed by atoms with E-state index in [1.165, 1.54) is 37.3 Å². The first-order valence-corrected chi connectivity index (χ1v) is 9.51. The molecule has 0 aliphatic carbocycles. The molecule has 1 aromatic heterocycles. The summed E-state index contributed by atoms with van der Waals surface area (Å²) in [6.45, 7) is 1.74. The SMILES string of the molecule is COC(=O)c1ccc(C(=O)OC)c(NC(=O)C(=O)N2CCN(c3ccccn3)CC2)c1. The van der Waals surface area contributed by atoms with E-state index in [1.807, 2.05) is 23.1 Å². The first kappa shape index (κ1) is 21.8. The summed E-state index contributed by atoms with van der Waals surface area (Å²) in [5.41, 5.74) is 0.110. The second-order valence-electron chi connectivity index (χ2n) is 6.66. The van der Waals surface area contributed by atoms with E-state index in [0.717, 1.165) is 5.82 Å². The first-order valence-electron chi connectivity index (χ1n) is 9.51. The first-order chi connectivity index (χ1) is 14.9. The van der Waals surface area contributed by atoms with E-state index in [1.54, 1.807) is 6.20 Å². The second-order valence-corrected chi connectivity index (χ2v) is 6.66. The minimum atomic E-state index is -0.918. The van der Waals surface area contributed by atoms with Gasteiger partial charge in [-0.2, -0.15) is 0 Å². The number of methoxy groups -OCH3 is 2. The summed E-state index contributed by atoms with van der Waals surface area (Å²) < 4.78 is 9.36. The number of carbonyl (C=O) groups excluding carboxylic acids is 4. The molecule has 1 aliphatic rings. The molecular formula is C21H22N4O6. The van der Waals surface area contributed by atoms with Crippen molar-refractivity contribution < 1.29 is 28.7 Å². The van der Waals surface area contributed by atoms with Gasteiger partial charge in [-0.15, -0.1) is 0 Å². The van der Waals surface area contributed by atoms with E-state index in [4.69, 9.17) is 4.74 Å². The van der Waals surface area contributed by atoms with Crippen LogP contribution in [0, 0.1) is 0 Å². The van der Waals surface area contributed by atoms with Gasteiger partial charge in [-0.1, -0.05) is 6.07 Å². The number of piperazine rings is 1. The molecule has 2 aromatic rings. The number of esters is 2. The van der Waals surface area contributed by atoms with Crippen molar-refractivity contribution in [2.45, 2.75) is 0 Å². The Kier molecular flexibility index (Phi) is 6.81. The molecule has 162 valence electrons. The maximum atomic E-state index is 12.6. The number of nitrogens with zero attached hydrogens (tertiary/aromatic N) is 3. The number of amides is 2. The zero-order chi connectivity index (χ0) is 22.4. The third kappa shape index (κ3) is 4.97. The van der Waals surface area contributed by atoms with Crippen LogP contribution in [0.2, 0.25) is 0 Å². The molecule has 0 bridgehead atoms. The molecule has 0 radical (unpaired) electrons. The van der Waals surface area contributed by atoms with Gasteiger partial charge in [-0.25, -0.2) is 14.6 Å². The molecule has 0 atom stereocenters. The van der Waals surface area contributed by atoms with Crippen LogP contribution in [-0.2, 0) is 19.1 Å². The van der Waals surface area contributed by atoms with Crippen molar-refractivity contribution in [3.63, 3.8) is 0 Å². The third-order valence-electron chi connectivity index (χ3n) is 4.83. The van der Waals surface area contributed by atoms with Crippen LogP contribution in [0.5, 0.6) is 0 Å². The van der Waals surface area contributed by atoms with E-state index >= 15 is 0 Å². The Hall–Kier alpha value is -3.95. The lowest BCUT2D eigenvalue weighted by atomic mass is 10.1. The van der Waals surface area contributed by atoms with Crippen molar-refractivity contribution in [3.05, 3.63) is 53.7 Å². The van der Waals surface area contributed by atoms with Gasteiger partial charge in [0.15, 0.2) is 0 Å². The molecule has 2 heterocycles. The number of ether oxygens (including phenoxy) is 2. The van der Waals surface area contributed by atoms with E-state index in [0.29, 0.717) is 26.2 Å². The largest absolute Gasteiger partial charge is 0.465 e. The van der Waals surface area contributed by atoms with Gasteiger partial charge >= 0.3 is 23.8 Å². The van der Waals surface area contributed by atoms with Gasteiger partial charge in [0.1, 0.15) is 5.82 Å². The molecule has 10 nitrogen and oxygen atoms in total. The Morgan fingerprint density at radius 2 is 1.65 bits per heavy atom. The molecule has 0 spiro atoms. The fourth-order valence-electron chi connectivity index (χ4n) is 3.18. The quantitative estimate of drug-likeness (QED) is 0.567. The average Bonchev–Trinajstić information content (AvgIpc) is 2.83. The number of hydrogen-bond donors (Lipinski definition) is 1. The zero-order valence-corrected chi connectivity index (χ0v) is 17.2. The Bertz CT molecular complexity index is 987. The molecule has 2 amide bonds. The lowest BCUT2D eigenvalue weighted by Gasteiger charge is -2.35. The summed E-state index contributed by atoms with van der Waals surface area (Å²) in [7, 11) is 2.40. The van der Waals surface area contributed by atoms with Crippen LogP contribution in [0.25, 0.3) is 0 Å². The lowest BCUT2D eigenvalue weighted by Crippen LogP contribution is -2.51. The van der Waals surface area contributed by atoms with Crippen LogP contribution >= 0.6 is 0 Å². The van der Waals surface area contributed by atoms with Crippen LogP contribution < -0.4 is 10.2 Å². The van der Waals surface area contributed by atoms with Gasteiger partial charge in [0.2, 0.25) is 0 Å². The molecule has 1 N–H and O–H groups in total. The summed E-state index contributed by atoms with van der Waals surface area (Å²) in [6, 6.07) is 9.55. The van der Waals surface area contributed by atoms with E-state index in [9.17, 15) is 19.2 Å². The fraction of sp³-hybridized carbons (Fsp3) is 0.286. The molecule has 3 rings (SSSR count). The molecule has 0 unspecified atom stereocenters. The summed E-state index contributed by atoms with van der Waals surface area (Å²) in [5, 5.41) is 2.42. The molecule has 1 aromatic carbocycles. The number of nitrogens with one attached hydrogen (secondary N) is 1. The maximum Gasteiger partial charge on any atom is 0.339 e. The van der Waals surface area contributed by atoms with Gasteiger partial charge in [-0.05, 0) is 30.3 Å². The summed E-state index contributed by atoms with van der Waals surface area (Å²) in [5.74, 6) is -2.22. The number of benzene rings is 1. The summed E-state index contributed by atoms with van der Waals surface area (Å²) in [6.07, 6.45) is 1.70. The van der Waals surface area contributed by atoms with Gasteiger partial charge in [0.25, 0.3) is 0 Å². The highest BCUT2D eigenvalue weighted by atomic mass is 16.5. The van der Waals surface area contributed by atoms with Crippen molar-refractivity contribution in [1.82, 2.24) is 9.88 Å². The Morgan fingerprint density at radius 1 is 0.935 bits per heavy atom. The number of pyridine rings is 1. The van der Waals surface area contributed by atoms with E-state index in [2.05, 4.69) is 15.0 Å². The third-order valence-corrected chi connectivity index (χ3v) is 4.83. The van der Waals surface area contributed by atoms with Gasteiger partial charge < -0.3 is 24.6 Å². The predicted molar refractivity (Wildman–Crippen MR) is 111 cm³/mol. The Labute approximate surface area is 178 Å². The van der Waals surface area contributed by atoms with Gasteiger partial charge in [0.05, 0.1) is 31.0 Å². The number of anilines is 2. The summed E-state index contributed by atoms with van der Waals surface area (Å²) in [4.78, 5) is 56.8. The van der Waals surface area contributed by atoms with Crippen molar-refractivity contribution in [3.8, 4) is 0 Å². The van der Waals surface area contributed by atoms with E-state index in [-0.39, 0.29) is 16.8 Å². The van der Waals surface area contributed by atoms with Crippen LogP contribution in [0.4, 0.5) is 11.5 Å². The monoisotopic (exact) mass is 426 g/mol. The fourth-order valence-corrected chi connectivity index (χ4v) is 3.18. The van der Waals surface area contributed by atoms with Crippen molar-refractivity contribution >= 4 is 35.3 Å². The number of carbonyl (C=O) groups is 4. The van der Waals surface area contributed by atoms with Gasteiger partial charge in [-0.3, -0.25) is 9.59 Å². The Balaban J connectivity index is 1.70. The Morgan fingerprint density at radius 3 is 2.26 bits per heavy atom. The highest BCUT2D eigenvalue weighted by molar-refractivity contribution is 6.40. The van der Waals surface area contributed by atoms with Crippen molar-refractivity contribution in [2.75, 3.05) is 50.6 Å². The normalized spacial score (nSPS) is 13.4. The van der Waals surface area contributed by atoms with Gasteiger partial charge in [0, 0.05) is 32.4 Å². The average molecular weight is 426 g/mol. The molecule has 1 saturated heterocycles. The van der Waals surface area contributed by atoms with Crippen molar-refractivity contribution in [1.29, 1.82) is 0 Å². The smallest absolute Gasteiger partial charge is 0.339 e. The second kappa shape index (κ2) is 9.70. The molecule has 31 heavy (non-hydrogen) atoms. The minimum Gasteiger partial charge on any atom is -0.465 e. The highest BCUT2D eigenvalue weighted by Gasteiger charge is 2.28. The van der Waals surface area contributed by atoms with Crippen molar-refractivity contribution in [2.24, 2.45) is 0 Å². The number of hydrogen-bond acceptors (Lipinski definition) is 8. The maximum absolute atomic E-state index is 12.6. The molecular weight excluding hydrogens is 404 g/mol. The van der Waals surface area contributed by atoms with E-state index < -0.39 is 23.8 Å². The van der Waals surface area contributed by atoms with Crippen LogP contribution in [0.15, 0.2) is 42.6 Å². The predicted octanol–water partition coefficient (Wildman–Crippen LogP) is 0.942. The van der Waals surface area contributed by atoms with Crippen LogP contribution in [-0.4, -0.2) is 74.0 Å². The zero-order valence-electron chi connectivity index (χ0n) is 17.2. The molecule has 1 fully saturated rings. The molecule has 1 aliphatic heterocycles. The lowest BCUT2D eigenvalue weighted by molar-refractivity contribution is -0.143. The minimum absolute atomic E-state index is 0.0104. The molecule has 10 heteroatoms. The standard InChI is InChI=1S/C21H22N4O6/c1-30-20(28)14-6-7-15(21(29)31-2)16(13-14)23-18(26)19(27)25-11-9-24(10-12-25)17-5-3-4-8-22-17/h3-8,13H,9-12H2,1-2H3,(H,23,26). The van der Waals surface area contributed by atoms with Crippen LogP contribution in [0.3, 0.4) is 0 Å². The summed E-state index contributed by atoms with van der Waals surface area (Å²) >= 11 is 0. The number of rotatable bonds is 4. The number of aromatic nitrogens is 1. The topological polar surface area (TPSA) is 118 Å². The molecule has 0 saturated carbocycles. The van der Waals surface area contributed by atoms with Crippen LogP contribution in [0.1, 0.15) is 20.7 Å². The highest BCUT2D eigenvalue weighted by Crippen LogP contribution is 2.20.